The molecule has 0 aliphatic carbocycles. The van der Waals surface area contributed by atoms with Gasteiger partial charge in [0.25, 0.3) is 17.8 Å². The molecule has 1 aromatic heterocycles. The van der Waals surface area contributed by atoms with Gasteiger partial charge in [-0.1, -0.05) is 0 Å². The van der Waals surface area contributed by atoms with Crippen LogP contribution in [0, 0.1) is 23.5 Å². The summed E-state index contributed by atoms with van der Waals surface area (Å²) in [6.45, 7) is 0.565. The van der Waals surface area contributed by atoms with Gasteiger partial charge in [0.15, 0.2) is 0 Å². The van der Waals surface area contributed by atoms with Crippen molar-refractivity contribution in [3.05, 3.63) is 47.3 Å². The van der Waals surface area contributed by atoms with E-state index < -0.39 is 35.3 Å². The number of methoxy groups -OCH3 is 2. The van der Waals surface area contributed by atoms with E-state index in [1.165, 1.54) is 14.2 Å². The summed E-state index contributed by atoms with van der Waals surface area (Å²) in [7, 11) is 2.94. The quantitative estimate of drug-likeness (QED) is 0.602. The normalized spacial score (nSPS) is 14.6. The van der Waals surface area contributed by atoms with Gasteiger partial charge in [0.2, 0.25) is 11.6 Å². The number of ether oxygens (including phenoxy) is 2. The molecule has 29 heavy (non-hydrogen) atoms. The van der Waals surface area contributed by atoms with Crippen molar-refractivity contribution in [1.82, 2.24) is 9.88 Å². The molecule has 1 fully saturated rings. The van der Waals surface area contributed by atoms with Gasteiger partial charge in [-0.05, 0) is 25.0 Å². The molecule has 1 aliphatic rings. The minimum atomic E-state index is -1.72. The molecule has 0 radical (unpaired) electrons. The van der Waals surface area contributed by atoms with Crippen LogP contribution in [0.2, 0.25) is 0 Å². The van der Waals surface area contributed by atoms with Crippen molar-refractivity contribution in [3.63, 3.8) is 0 Å². The second-order valence-electron chi connectivity index (χ2n) is 6.47. The second kappa shape index (κ2) is 8.54. The number of piperidine rings is 1. The molecule has 2 heterocycles. The van der Waals surface area contributed by atoms with Crippen LogP contribution in [0.4, 0.5) is 23.2 Å². The molecule has 0 atom stereocenters. The highest BCUT2D eigenvalue weighted by Gasteiger charge is 2.28. The molecular weight excluding hydrogens is 394 g/mol. The fourth-order valence-electron chi connectivity index (χ4n) is 3.19. The predicted molar refractivity (Wildman–Crippen MR) is 96.2 cm³/mol. The Labute approximate surface area is 164 Å². The maximum atomic E-state index is 13.8. The second-order valence-corrected chi connectivity index (χ2v) is 6.47. The molecule has 1 aliphatic heterocycles. The zero-order valence-corrected chi connectivity index (χ0v) is 15.8. The van der Waals surface area contributed by atoms with E-state index in [1.54, 1.807) is 23.1 Å². The van der Waals surface area contributed by atoms with Crippen LogP contribution in [-0.2, 0) is 0 Å². The van der Waals surface area contributed by atoms with Gasteiger partial charge in [0.1, 0.15) is 17.2 Å². The van der Waals surface area contributed by atoms with Crippen LogP contribution in [0.1, 0.15) is 23.2 Å². The number of carbonyl (C=O) groups is 1. The number of rotatable bonds is 5. The Morgan fingerprint density at radius 3 is 2.24 bits per heavy atom. The van der Waals surface area contributed by atoms with Crippen molar-refractivity contribution < 1.29 is 31.8 Å². The minimum absolute atomic E-state index is 0.263. The molecule has 10 heteroatoms. The first kappa shape index (κ1) is 20.7. The van der Waals surface area contributed by atoms with Crippen molar-refractivity contribution in [3.8, 4) is 11.5 Å². The Kier molecular flexibility index (Phi) is 6.09. The fraction of sp³-hybridized carbons (Fsp3) is 0.368. The Morgan fingerprint density at radius 1 is 1.07 bits per heavy atom. The molecule has 3 rings (SSSR count). The number of amides is 1. The molecule has 0 saturated carbocycles. The number of likely N-dealkylation sites (tertiary alicyclic amines) is 1. The smallest absolute Gasteiger partial charge is 0.257 e. The van der Waals surface area contributed by atoms with E-state index >= 15 is 0 Å². The fourth-order valence-corrected chi connectivity index (χ4v) is 3.19. The van der Waals surface area contributed by atoms with Gasteiger partial charge in [0.05, 0.1) is 19.8 Å². The predicted octanol–water partition coefficient (Wildman–Crippen LogP) is 3.37. The van der Waals surface area contributed by atoms with Gasteiger partial charge in [-0.2, -0.15) is 22.5 Å². The Hall–Kier alpha value is -3.04. The SMILES string of the molecule is COc1ccc(C(=O)N2CCC(Nc3c(F)c(F)nc(F)c3F)CC2)c(OC)c1. The first-order valence-electron chi connectivity index (χ1n) is 8.83. The molecule has 1 aromatic carbocycles. The molecular formula is C19H19F4N3O3. The van der Waals surface area contributed by atoms with Crippen molar-refractivity contribution in [2.45, 2.75) is 18.9 Å². The van der Waals surface area contributed by atoms with Crippen molar-refractivity contribution in [1.29, 1.82) is 0 Å². The number of pyridine rings is 1. The number of hydrogen-bond acceptors (Lipinski definition) is 5. The first-order valence-corrected chi connectivity index (χ1v) is 8.83. The van der Waals surface area contributed by atoms with Crippen LogP contribution >= 0.6 is 0 Å². The Balaban J connectivity index is 1.68. The van der Waals surface area contributed by atoms with Crippen molar-refractivity contribution in [2.75, 3.05) is 32.6 Å². The molecule has 1 N–H and O–H groups in total. The van der Waals surface area contributed by atoms with Crippen LogP contribution in [0.5, 0.6) is 11.5 Å². The number of carbonyl (C=O) groups excluding carboxylic acids is 1. The first-order chi connectivity index (χ1) is 13.8. The average Bonchev–Trinajstić information content (AvgIpc) is 2.74. The molecule has 1 amide bonds. The van der Waals surface area contributed by atoms with Gasteiger partial charge < -0.3 is 19.7 Å². The summed E-state index contributed by atoms with van der Waals surface area (Å²) < 4.78 is 64.4. The topological polar surface area (TPSA) is 63.7 Å². The Morgan fingerprint density at radius 2 is 1.69 bits per heavy atom. The molecule has 2 aromatic rings. The van der Waals surface area contributed by atoms with E-state index in [2.05, 4.69) is 10.3 Å². The highest BCUT2D eigenvalue weighted by molar-refractivity contribution is 5.97. The number of anilines is 1. The summed E-state index contributed by atoms with van der Waals surface area (Å²) in [6, 6.07) is 4.36. The third kappa shape index (κ3) is 4.20. The summed E-state index contributed by atoms with van der Waals surface area (Å²) in [5.74, 6) is -5.95. The number of aromatic nitrogens is 1. The molecule has 0 spiro atoms. The molecule has 0 bridgehead atoms. The lowest BCUT2D eigenvalue weighted by molar-refractivity contribution is 0.0715. The summed E-state index contributed by atoms with van der Waals surface area (Å²) in [6.07, 6.45) is 0.656. The van der Waals surface area contributed by atoms with E-state index in [4.69, 9.17) is 9.47 Å². The van der Waals surface area contributed by atoms with E-state index in [0.717, 1.165) is 0 Å². The number of halogens is 4. The molecule has 6 nitrogen and oxygen atoms in total. The van der Waals surface area contributed by atoms with Gasteiger partial charge in [-0.25, -0.2) is 0 Å². The minimum Gasteiger partial charge on any atom is -0.497 e. The van der Waals surface area contributed by atoms with Gasteiger partial charge in [-0.3, -0.25) is 4.79 Å². The van der Waals surface area contributed by atoms with E-state index in [9.17, 15) is 22.4 Å². The third-order valence-corrected chi connectivity index (χ3v) is 4.77. The van der Waals surface area contributed by atoms with Crippen LogP contribution in [0.15, 0.2) is 18.2 Å². The maximum Gasteiger partial charge on any atom is 0.257 e. The zero-order chi connectivity index (χ0) is 21.1. The number of nitrogens with zero attached hydrogens (tertiary/aromatic N) is 2. The standard InChI is InChI=1S/C19H19F4N3O3/c1-28-11-3-4-12(13(9-11)29-2)19(27)26-7-5-10(6-8-26)24-16-14(20)17(22)25-18(23)15(16)21/h3-4,9-10H,5-8H2,1-2H3,(H,24,25). The summed E-state index contributed by atoms with van der Waals surface area (Å²) >= 11 is 0. The summed E-state index contributed by atoms with van der Waals surface area (Å²) in [4.78, 5) is 16.9. The highest BCUT2D eigenvalue weighted by atomic mass is 19.2. The van der Waals surface area contributed by atoms with Crippen molar-refractivity contribution >= 4 is 11.6 Å². The van der Waals surface area contributed by atoms with Crippen LogP contribution < -0.4 is 14.8 Å². The lowest BCUT2D eigenvalue weighted by Crippen LogP contribution is -2.42. The van der Waals surface area contributed by atoms with E-state index in [1.807, 2.05) is 0 Å². The summed E-state index contributed by atoms with van der Waals surface area (Å²) in [5.41, 5.74) is -0.535. The highest BCUT2D eigenvalue weighted by Crippen LogP contribution is 2.28. The van der Waals surface area contributed by atoms with E-state index in [0.29, 0.717) is 29.9 Å². The zero-order valence-electron chi connectivity index (χ0n) is 15.8. The van der Waals surface area contributed by atoms with E-state index in [-0.39, 0.29) is 19.0 Å². The Bertz CT molecular complexity index is 892. The average molecular weight is 413 g/mol. The number of hydrogen-bond donors (Lipinski definition) is 1. The van der Waals surface area contributed by atoms with Crippen LogP contribution in [-0.4, -0.2) is 49.1 Å². The lowest BCUT2D eigenvalue weighted by Gasteiger charge is -2.33. The van der Waals surface area contributed by atoms with Gasteiger partial charge >= 0.3 is 0 Å². The molecule has 1 saturated heterocycles. The van der Waals surface area contributed by atoms with Crippen molar-refractivity contribution in [2.24, 2.45) is 0 Å². The summed E-state index contributed by atoms with van der Waals surface area (Å²) in [5, 5.41) is 2.49. The van der Waals surface area contributed by atoms with Crippen LogP contribution in [0.25, 0.3) is 0 Å². The van der Waals surface area contributed by atoms with Crippen LogP contribution in [0.3, 0.4) is 0 Å². The lowest BCUT2D eigenvalue weighted by atomic mass is 10.0. The monoisotopic (exact) mass is 413 g/mol. The third-order valence-electron chi connectivity index (χ3n) is 4.77. The van der Waals surface area contributed by atoms with Gasteiger partial charge in [-0.15, -0.1) is 0 Å². The largest absolute Gasteiger partial charge is 0.497 e. The maximum absolute atomic E-state index is 13.8. The molecule has 156 valence electrons. The number of nitrogens with one attached hydrogen (secondary N) is 1. The van der Waals surface area contributed by atoms with Gasteiger partial charge in [0, 0.05) is 25.2 Å². The molecule has 0 unspecified atom stereocenters. The number of benzene rings is 1.